The second-order valence-electron chi connectivity index (χ2n) is 7.93. The van der Waals surface area contributed by atoms with Gasteiger partial charge in [0.05, 0.1) is 18.8 Å². The van der Waals surface area contributed by atoms with Gasteiger partial charge in [-0.25, -0.2) is 0 Å². The van der Waals surface area contributed by atoms with Crippen molar-refractivity contribution in [1.29, 1.82) is 0 Å². The quantitative estimate of drug-likeness (QED) is 0.486. The summed E-state index contributed by atoms with van der Waals surface area (Å²) in [7, 11) is 0. The summed E-state index contributed by atoms with van der Waals surface area (Å²) >= 11 is 0. The van der Waals surface area contributed by atoms with Crippen molar-refractivity contribution in [2.45, 2.75) is 76.7 Å². The number of amides is 1. The molecule has 1 unspecified atom stereocenters. The Bertz CT molecular complexity index is 635. The number of rotatable bonds is 12. The summed E-state index contributed by atoms with van der Waals surface area (Å²) in [6.45, 7) is 3.09. The Labute approximate surface area is 163 Å². The minimum absolute atomic E-state index is 0.0919. The molecule has 0 spiro atoms. The molecule has 1 aromatic carbocycles. The molecule has 1 aliphatic rings. The lowest BCUT2D eigenvalue weighted by Gasteiger charge is -2.33. The van der Waals surface area contributed by atoms with Gasteiger partial charge in [-0.15, -0.1) is 0 Å². The zero-order chi connectivity index (χ0) is 19.7. The highest BCUT2D eigenvalue weighted by Crippen LogP contribution is 2.36. The summed E-state index contributed by atoms with van der Waals surface area (Å²) < 4.78 is 0. The normalized spacial score (nSPS) is 15.8. The molecular formula is C23H35NO3. The molecule has 150 valence electrons. The topological polar surface area (TPSA) is 69.6 Å². The van der Waals surface area contributed by atoms with Crippen LogP contribution in [0.25, 0.3) is 6.08 Å². The third-order valence-corrected chi connectivity index (χ3v) is 5.53. The van der Waals surface area contributed by atoms with Gasteiger partial charge in [0.2, 0.25) is 5.91 Å². The Kier molecular flexibility index (Phi) is 8.52. The van der Waals surface area contributed by atoms with E-state index in [9.17, 15) is 15.0 Å². The zero-order valence-corrected chi connectivity index (χ0v) is 16.8. The molecule has 2 rings (SSSR count). The minimum Gasteiger partial charge on any atom is -0.394 e. The second-order valence-corrected chi connectivity index (χ2v) is 7.93. The van der Waals surface area contributed by atoms with Gasteiger partial charge in [-0.2, -0.15) is 0 Å². The van der Waals surface area contributed by atoms with Gasteiger partial charge in [0, 0.05) is 12.8 Å². The molecule has 0 saturated heterocycles. The molecule has 3 N–H and O–H groups in total. The first-order valence-electron chi connectivity index (χ1n) is 10.3. The predicted molar refractivity (Wildman–Crippen MR) is 111 cm³/mol. The monoisotopic (exact) mass is 373 g/mol. The van der Waals surface area contributed by atoms with Gasteiger partial charge in [0.15, 0.2) is 0 Å². The van der Waals surface area contributed by atoms with E-state index in [0.29, 0.717) is 6.42 Å². The molecule has 0 saturated carbocycles. The lowest BCUT2D eigenvalue weighted by molar-refractivity contribution is -0.122. The Morgan fingerprint density at radius 2 is 1.81 bits per heavy atom. The third kappa shape index (κ3) is 6.18. The van der Waals surface area contributed by atoms with Crippen LogP contribution >= 0.6 is 0 Å². The number of aliphatic hydroxyl groups excluding tert-OH is 2. The SMILES string of the molecule is CCCCCCCCc1ccc2c(c1)C=CC2CC(CO)(CO)NC(C)=O. The Hall–Kier alpha value is -1.65. The molecule has 1 aromatic rings. The number of allylic oxidation sites excluding steroid dienone is 1. The average Bonchev–Trinajstić information content (AvgIpc) is 3.05. The molecule has 1 atom stereocenters. The highest BCUT2D eigenvalue weighted by molar-refractivity contribution is 5.74. The van der Waals surface area contributed by atoms with Crippen molar-refractivity contribution >= 4 is 12.0 Å². The first-order valence-corrected chi connectivity index (χ1v) is 10.3. The number of nitrogens with one attached hydrogen (secondary N) is 1. The summed E-state index contributed by atoms with van der Waals surface area (Å²) in [5.41, 5.74) is 2.81. The van der Waals surface area contributed by atoms with E-state index in [4.69, 9.17) is 0 Å². The molecule has 0 radical (unpaired) electrons. The van der Waals surface area contributed by atoms with E-state index in [1.54, 1.807) is 0 Å². The molecule has 0 aromatic heterocycles. The van der Waals surface area contributed by atoms with Crippen LogP contribution < -0.4 is 5.32 Å². The lowest BCUT2D eigenvalue weighted by atomic mass is 9.85. The van der Waals surface area contributed by atoms with E-state index in [0.717, 1.165) is 6.42 Å². The van der Waals surface area contributed by atoms with E-state index in [1.807, 2.05) is 0 Å². The van der Waals surface area contributed by atoms with Crippen LogP contribution in [-0.4, -0.2) is 34.9 Å². The van der Waals surface area contributed by atoms with Gasteiger partial charge >= 0.3 is 0 Å². The number of fused-ring (bicyclic) bond motifs is 1. The van der Waals surface area contributed by atoms with Crippen molar-refractivity contribution in [2.24, 2.45) is 0 Å². The first kappa shape index (κ1) is 21.6. The Morgan fingerprint density at radius 1 is 1.11 bits per heavy atom. The van der Waals surface area contributed by atoms with Gasteiger partial charge in [-0.05, 0) is 36.0 Å². The van der Waals surface area contributed by atoms with Crippen LogP contribution in [0.3, 0.4) is 0 Å². The van der Waals surface area contributed by atoms with Crippen molar-refractivity contribution in [3.63, 3.8) is 0 Å². The van der Waals surface area contributed by atoms with E-state index >= 15 is 0 Å². The number of carbonyl (C=O) groups excluding carboxylic acids is 1. The summed E-state index contributed by atoms with van der Waals surface area (Å²) in [4.78, 5) is 11.5. The standard InChI is InChI=1S/C23H35NO3/c1-3-4-5-6-7-8-9-19-10-13-22-20(14-19)11-12-21(22)15-23(16-25,17-26)24-18(2)27/h10-14,21,25-26H,3-9,15-17H2,1-2H3,(H,24,27). The number of benzene rings is 1. The second kappa shape index (κ2) is 10.6. The number of hydrogen-bond donors (Lipinski definition) is 3. The van der Waals surface area contributed by atoms with E-state index in [-0.39, 0.29) is 25.0 Å². The average molecular weight is 374 g/mol. The van der Waals surface area contributed by atoms with E-state index < -0.39 is 5.54 Å². The molecule has 0 aliphatic heterocycles. The van der Waals surface area contributed by atoms with Crippen LogP contribution in [0.4, 0.5) is 0 Å². The number of hydrogen-bond acceptors (Lipinski definition) is 3. The maximum absolute atomic E-state index is 11.5. The molecule has 27 heavy (non-hydrogen) atoms. The largest absolute Gasteiger partial charge is 0.394 e. The molecular weight excluding hydrogens is 338 g/mol. The van der Waals surface area contributed by atoms with E-state index in [1.165, 1.54) is 62.1 Å². The van der Waals surface area contributed by atoms with Crippen molar-refractivity contribution < 1.29 is 15.0 Å². The summed E-state index contributed by atoms with van der Waals surface area (Å²) in [5.74, 6) is -0.149. The summed E-state index contributed by atoms with van der Waals surface area (Å²) in [6.07, 6.45) is 13.7. The van der Waals surface area contributed by atoms with Crippen molar-refractivity contribution in [3.05, 3.63) is 41.0 Å². The van der Waals surface area contributed by atoms with Crippen molar-refractivity contribution in [3.8, 4) is 0 Å². The lowest BCUT2D eigenvalue weighted by Crippen LogP contribution is -2.54. The van der Waals surface area contributed by atoms with Crippen molar-refractivity contribution in [2.75, 3.05) is 13.2 Å². The number of unbranched alkanes of at least 4 members (excludes halogenated alkanes) is 5. The van der Waals surface area contributed by atoms with Crippen LogP contribution in [0.2, 0.25) is 0 Å². The summed E-state index contributed by atoms with van der Waals surface area (Å²) in [6, 6.07) is 6.62. The van der Waals surface area contributed by atoms with Gasteiger partial charge < -0.3 is 15.5 Å². The maximum atomic E-state index is 11.5. The van der Waals surface area contributed by atoms with Gasteiger partial charge in [-0.3, -0.25) is 4.79 Å². The third-order valence-electron chi connectivity index (χ3n) is 5.53. The molecule has 4 heteroatoms. The Balaban J connectivity index is 1.95. The van der Waals surface area contributed by atoms with Crippen LogP contribution in [0, 0.1) is 0 Å². The fourth-order valence-corrected chi connectivity index (χ4v) is 3.98. The fraction of sp³-hybridized carbons (Fsp3) is 0.609. The molecule has 1 aliphatic carbocycles. The smallest absolute Gasteiger partial charge is 0.217 e. The highest BCUT2D eigenvalue weighted by atomic mass is 16.3. The first-order chi connectivity index (χ1) is 13.0. The van der Waals surface area contributed by atoms with Gasteiger partial charge in [0.1, 0.15) is 0 Å². The molecule has 0 fully saturated rings. The zero-order valence-electron chi connectivity index (χ0n) is 16.8. The van der Waals surface area contributed by atoms with Crippen LogP contribution in [0.1, 0.15) is 81.4 Å². The van der Waals surface area contributed by atoms with Crippen LogP contribution in [0.5, 0.6) is 0 Å². The molecule has 0 heterocycles. The summed E-state index contributed by atoms with van der Waals surface area (Å²) in [5, 5.41) is 22.2. The van der Waals surface area contributed by atoms with E-state index in [2.05, 4.69) is 42.6 Å². The minimum atomic E-state index is -0.986. The fourth-order valence-electron chi connectivity index (χ4n) is 3.98. The highest BCUT2D eigenvalue weighted by Gasteiger charge is 2.34. The van der Waals surface area contributed by atoms with Crippen LogP contribution in [0.15, 0.2) is 24.3 Å². The van der Waals surface area contributed by atoms with Crippen molar-refractivity contribution in [1.82, 2.24) is 5.32 Å². The number of carbonyl (C=O) groups is 1. The van der Waals surface area contributed by atoms with Gasteiger partial charge in [0.25, 0.3) is 0 Å². The Morgan fingerprint density at radius 3 is 2.48 bits per heavy atom. The molecule has 0 bridgehead atoms. The molecule has 4 nitrogen and oxygen atoms in total. The number of aliphatic hydroxyl groups is 2. The van der Waals surface area contributed by atoms with Gasteiger partial charge in [-0.1, -0.05) is 69.4 Å². The number of aryl methyl sites for hydroxylation is 1. The van der Waals surface area contributed by atoms with Crippen LogP contribution in [-0.2, 0) is 11.2 Å². The predicted octanol–water partition coefficient (Wildman–Crippen LogP) is 3.95. The molecule has 1 amide bonds. The maximum Gasteiger partial charge on any atom is 0.217 e.